The molecule has 0 amide bonds. The summed E-state index contributed by atoms with van der Waals surface area (Å²) in [5.41, 5.74) is 1.26. The van der Waals surface area contributed by atoms with E-state index in [4.69, 9.17) is 4.74 Å². The summed E-state index contributed by atoms with van der Waals surface area (Å²) >= 11 is 7.20. The van der Waals surface area contributed by atoms with Gasteiger partial charge in [-0.2, -0.15) is 5.10 Å². The minimum atomic E-state index is 0.588. The van der Waals surface area contributed by atoms with Crippen molar-refractivity contribution in [2.75, 3.05) is 13.7 Å². The Balaban J connectivity index is 2.58. The number of aromatic nitrogens is 2. The predicted molar refractivity (Wildman–Crippen MR) is 73.1 cm³/mol. The number of alkyl halides is 1. The molecule has 16 heavy (non-hydrogen) atoms. The third kappa shape index (κ3) is 4.18. The van der Waals surface area contributed by atoms with Crippen molar-refractivity contribution in [2.45, 2.75) is 37.6 Å². The molecule has 92 valence electrons. The van der Waals surface area contributed by atoms with Crippen molar-refractivity contribution in [1.29, 1.82) is 0 Å². The SMILES string of the molecule is CCC(Br)CCc1c(Br)cnn1CCOC. The second kappa shape index (κ2) is 7.45. The van der Waals surface area contributed by atoms with Crippen LogP contribution in [0.2, 0.25) is 0 Å². The zero-order valence-electron chi connectivity index (χ0n) is 9.75. The quantitative estimate of drug-likeness (QED) is 0.702. The smallest absolute Gasteiger partial charge is 0.0658 e. The van der Waals surface area contributed by atoms with Gasteiger partial charge in [-0.05, 0) is 35.2 Å². The summed E-state index contributed by atoms with van der Waals surface area (Å²) in [7, 11) is 1.71. The molecule has 0 radical (unpaired) electrons. The van der Waals surface area contributed by atoms with Gasteiger partial charge in [0.15, 0.2) is 0 Å². The number of ether oxygens (including phenoxy) is 1. The van der Waals surface area contributed by atoms with E-state index in [1.165, 1.54) is 5.69 Å². The molecule has 0 aliphatic carbocycles. The third-order valence-electron chi connectivity index (χ3n) is 2.54. The molecule has 3 nitrogen and oxygen atoms in total. The molecule has 1 aromatic heterocycles. The highest BCUT2D eigenvalue weighted by Gasteiger charge is 2.10. The Morgan fingerprint density at radius 2 is 2.31 bits per heavy atom. The first-order chi connectivity index (χ1) is 7.69. The molecule has 1 aromatic rings. The fraction of sp³-hybridized carbons (Fsp3) is 0.727. The number of hydrogen-bond donors (Lipinski definition) is 0. The van der Waals surface area contributed by atoms with Crippen molar-refractivity contribution in [3.63, 3.8) is 0 Å². The molecule has 0 aromatic carbocycles. The van der Waals surface area contributed by atoms with E-state index in [9.17, 15) is 0 Å². The standard InChI is InChI=1S/C11H18Br2N2O/c1-3-9(12)4-5-11-10(13)8-14-15(11)6-7-16-2/h8-9H,3-7H2,1-2H3. The van der Waals surface area contributed by atoms with Crippen LogP contribution in [0.15, 0.2) is 10.7 Å². The Morgan fingerprint density at radius 1 is 1.56 bits per heavy atom. The van der Waals surface area contributed by atoms with Gasteiger partial charge in [-0.3, -0.25) is 4.68 Å². The summed E-state index contributed by atoms with van der Waals surface area (Å²) in [5, 5.41) is 4.33. The first-order valence-corrected chi connectivity index (χ1v) is 7.23. The maximum Gasteiger partial charge on any atom is 0.0658 e. The lowest BCUT2D eigenvalue weighted by Gasteiger charge is -2.10. The maximum absolute atomic E-state index is 5.07. The van der Waals surface area contributed by atoms with E-state index < -0.39 is 0 Å². The van der Waals surface area contributed by atoms with Crippen LogP contribution in [0.5, 0.6) is 0 Å². The van der Waals surface area contributed by atoms with Crippen molar-refractivity contribution < 1.29 is 4.74 Å². The number of halogens is 2. The third-order valence-corrected chi connectivity index (χ3v) is 4.31. The fourth-order valence-electron chi connectivity index (χ4n) is 1.50. The summed E-state index contributed by atoms with van der Waals surface area (Å²) in [5.74, 6) is 0. The van der Waals surface area contributed by atoms with Gasteiger partial charge in [-0.1, -0.05) is 22.9 Å². The van der Waals surface area contributed by atoms with Gasteiger partial charge in [0.25, 0.3) is 0 Å². The molecular formula is C11H18Br2N2O. The molecule has 1 heterocycles. The van der Waals surface area contributed by atoms with Crippen molar-refractivity contribution >= 4 is 31.9 Å². The lowest BCUT2D eigenvalue weighted by Crippen LogP contribution is -2.11. The maximum atomic E-state index is 5.07. The monoisotopic (exact) mass is 352 g/mol. The van der Waals surface area contributed by atoms with Gasteiger partial charge in [-0.15, -0.1) is 0 Å². The molecule has 0 saturated carbocycles. The van der Waals surface area contributed by atoms with E-state index in [0.29, 0.717) is 11.4 Å². The molecule has 0 aliphatic rings. The highest BCUT2D eigenvalue weighted by molar-refractivity contribution is 9.10. The van der Waals surface area contributed by atoms with Crippen LogP contribution in [-0.4, -0.2) is 28.3 Å². The first-order valence-electron chi connectivity index (χ1n) is 5.52. The summed E-state index contributed by atoms with van der Waals surface area (Å²) in [6.07, 6.45) is 5.19. The van der Waals surface area contributed by atoms with E-state index >= 15 is 0 Å². The van der Waals surface area contributed by atoms with Crippen molar-refractivity contribution in [3.8, 4) is 0 Å². The van der Waals surface area contributed by atoms with Crippen LogP contribution in [0.3, 0.4) is 0 Å². The number of nitrogens with zero attached hydrogens (tertiary/aromatic N) is 2. The van der Waals surface area contributed by atoms with Gasteiger partial charge >= 0.3 is 0 Å². The van der Waals surface area contributed by atoms with Crippen LogP contribution in [0.1, 0.15) is 25.5 Å². The summed E-state index contributed by atoms with van der Waals surface area (Å²) < 4.78 is 8.18. The molecule has 1 unspecified atom stereocenters. The minimum absolute atomic E-state index is 0.588. The zero-order chi connectivity index (χ0) is 12.0. The van der Waals surface area contributed by atoms with Crippen LogP contribution in [-0.2, 0) is 17.7 Å². The second-order valence-corrected chi connectivity index (χ2v) is 5.85. The van der Waals surface area contributed by atoms with Crippen LogP contribution in [0.25, 0.3) is 0 Å². The van der Waals surface area contributed by atoms with E-state index in [0.717, 1.165) is 30.3 Å². The van der Waals surface area contributed by atoms with Crippen LogP contribution < -0.4 is 0 Å². The predicted octanol–water partition coefficient (Wildman–Crippen LogP) is 3.40. The normalized spacial score (nSPS) is 13.0. The lowest BCUT2D eigenvalue weighted by atomic mass is 10.1. The molecule has 0 fully saturated rings. The van der Waals surface area contributed by atoms with Gasteiger partial charge in [0.2, 0.25) is 0 Å². The van der Waals surface area contributed by atoms with Crippen LogP contribution in [0.4, 0.5) is 0 Å². The topological polar surface area (TPSA) is 27.1 Å². The van der Waals surface area contributed by atoms with Crippen molar-refractivity contribution in [3.05, 3.63) is 16.4 Å². The molecule has 0 aliphatic heterocycles. The molecule has 0 bridgehead atoms. The molecule has 5 heteroatoms. The van der Waals surface area contributed by atoms with Gasteiger partial charge in [0.1, 0.15) is 0 Å². The van der Waals surface area contributed by atoms with Crippen molar-refractivity contribution in [2.24, 2.45) is 0 Å². The Kier molecular flexibility index (Phi) is 6.61. The highest BCUT2D eigenvalue weighted by Crippen LogP contribution is 2.20. The zero-order valence-corrected chi connectivity index (χ0v) is 12.9. The van der Waals surface area contributed by atoms with Crippen LogP contribution >= 0.6 is 31.9 Å². The molecule has 1 rings (SSSR count). The summed E-state index contributed by atoms with van der Waals surface area (Å²) in [6.45, 7) is 3.71. The molecule has 0 spiro atoms. The van der Waals surface area contributed by atoms with E-state index in [2.05, 4.69) is 43.9 Å². The summed E-state index contributed by atoms with van der Waals surface area (Å²) in [4.78, 5) is 0.588. The first kappa shape index (κ1) is 14.2. The fourth-order valence-corrected chi connectivity index (χ4v) is 2.23. The molecular weight excluding hydrogens is 336 g/mol. The van der Waals surface area contributed by atoms with Gasteiger partial charge in [0.05, 0.1) is 29.5 Å². The Morgan fingerprint density at radius 3 is 2.94 bits per heavy atom. The summed E-state index contributed by atoms with van der Waals surface area (Å²) in [6, 6.07) is 0. The number of rotatable bonds is 7. The van der Waals surface area contributed by atoms with E-state index in [-0.39, 0.29) is 0 Å². The van der Waals surface area contributed by atoms with Gasteiger partial charge < -0.3 is 4.74 Å². The number of hydrogen-bond acceptors (Lipinski definition) is 2. The Labute approximate surface area is 114 Å². The number of methoxy groups -OCH3 is 1. The largest absolute Gasteiger partial charge is 0.383 e. The highest BCUT2D eigenvalue weighted by atomic mass is 79.9. The Hall–Kier alpha value is 0.130. The molecule has 0 N–H and O–H groups in total. The van der Waals surface area contributed by atoms with Gasteiger partial charge in [-0.25, -0.2) is 0 Å². The average Bonchev–Trinajstić information content (AvgIpc) is 2.64. The van der Waals surface area contributed by atoms with Crippen LogP contribution in [0, 0.1) is 0 Å². The van der Waals surface area contributed by atoms with Gasteiger partial charge in [0, 0.05) is 11.9 Å². The second-order valence-electron chi connectivity index (χ2n) is 3.70. The molecule has 0 saturated heterocycles. The lowest BCUT2D eigenvalue weighted by molar-refractivity contribution is 0.182. The molecule has 1 atom stereocenters. The minimum Gasteiger partial charge on any atom is -0.383 e. The Bertz CT molecular complexity index is 315. The van der Waals surface area contributed by atoms with Crippen molar-refractivity contribution in [1.82, 2.24) is 9.78 Å². The van der Waals surface area contributed by atoms with E-state index in [1.807, 2.05) is 10.9 Å². The van der Waals surface area contributed by atoms with E-state index in [1.54, 1.807) is 7.11 Å². The average molecular weight is 354 g/mol.